The molecule has 3 unspecified atom stereocenters. The number of hydrogen-bond donors (Lipinski definition) is 3. The van der Waals surface area contributed by atoms with Crippen LogP contribution in [-0.4, -0.2) is 65.7 Å². The molecule has 268 valence electrons. The van der Waals surface area contributed by atoms with Crippen molar-refractivity contribution in [3.63, 3.8) is 0 Å². The van der Waals surface area contributed by atoms with Gasteiger partial charge >= 0.3 is 19.8 Å². The highest BCUT2D eigenvalue weighted by molar-refractivity contribution is 7.47. The second-order valence-corrected chi connectivity index (χ2v) is 13.0. The highest BCUT2D eigenvalue weighted by Crippen LogP contribution is 2.43. The molecule has 0 radical (unpaired) electrons. The number of phosphoric acid groups is 1. The summed E-state index contributed by atoms with van der Waals surface area (Å²) in [7, 11) is -4.61. The standard InChI is InChI=1S/C35H63O10P/c1-3-5-7-9-11-13-15-16-17-19-21-23-25-27-35(39)45-33(31-44-46(40,41)43-29-32(37)28-36)30-42-34(38)26-24-22-20-18-14-12-10-8-6-4-2/h7-10,13,15,32-33,36-37H,3-6,11-12,14,16-31H2,1-2H3,(H,40,41)/b9-7-,10-8-,15-13-. The summed E-state index contributed by atoms with van der Waals surface area (Å²) < 4.78 is 32.4. The van der Waals surface area contributed by atoms with Gasteiger partial charge in [-0.2, -0.15) is 0 Å². The van der Waals surface area contributed by atoms with E-state index in [1.54, 1.807) is 0 Å². The van der Waals surface area contributed by atoms with Gasteiger partial charge < -0.3 is 24.6 Å². The van der Waals surface area contributed by atoms with Crippen LogP contribution in [0.1, 0.15) is 136 Å². The minimum absolute atomic E-state index is 0.165. The van der Waals surface area contributed by atoms with E-state index in [0.29, 0.717) is 12.8 Å². The maximum absolute atomic E-state index is 12.5. The van der Waals surface area contributed by atoms with Gasteiger partial charge in [0.2, 0.25) is 0 Å². The molecule has 3 N–H and O–H groups in total. The predicted molar refractivity (Wildman–Crippen MR) is 182 cm³/mol. The van der Waals surface area contributed by atoms with Crippen LogP contribution in [0.15, 0.2) is 36.5 Å². The second-order valence-electron chi connectivity index (χ2n) is 11.5. The largest absolute Gasteiger partial charge is 0.472 e. The van der Waals surface area contributed by atoms with E-state index in [2.05, 4.69) is 54.8 Å². The summed E-state index contributed by atoms with van der Waals surface area (Å²) in [5, 5.41) is 18.2. The van der Waals surface area contributed by atoms with Crippen molar-refractivity contribution in [3.8, 4) is 0 Å². The molecule has 0 aliphatic heterocycles. The fourth-order valence-electron chi connectivity index (χ4n) is 4.27. The number of carbonyl (C=O) groups is 2. The number of hydrogen-bond acceptors (Lipinski definition) is 9. The van der Waals surface area contributed by atoms with Crippen LogP contribution in [0.4, 0.5) is 0 Å². The molecule has 0 amide bonds. The highest BCUT2D eigenvalue weighted by atomic mass is 31.2. The fourth-order valence-corrected chi connectivity index (χ4v) is 5.06. The Balaban J connectivity index is 4.46. The third-order valence-electron chi connectivity index (χ3n) is 6.98. The molecular formula is C35H63O10P. The number of phosphoric ester groups is 1. The molecule has 0 aromatic rings. The summed E-state index contributed by atoms with van der Waals surface area (Å²) in [6, 6.07) is 0. The van der Waals surface area contributed by atoms with Crippen LogP contribution in [0, 0.1) is 0 Å². The number of allylic oxidation sites excluding steroid dienone is 6. The zero-order valence-corrected chi connectivity index (χ0v) is 29.4. The van der Waals surface area contributed by atoms with Crippen molar-refractivity contribution in [1.82, 2.24) is 0 Å². The number of aliphatic hydroxyl groups excluding tert-OH is 2. The number of unbranched alkanes of at least 4 members (excludes halogenated alkanes) is 12. The smallest absolute Gasteiger partial charge is 0.462 e. The Kier molecular flexibility index (Phi) is 30.5. The molecule has 0 aromatic heterocycles. The zero-order valence-electron chi connectivity index (χ0n) is 28.5. The SMILES string of the molecule is CCC/C=C\C/C=C\CCCCCCCC(=O)OC(COC(=O)CCCCCCC/C=C\CCC)COP(=O)(O)OCC(O)CO. The maximum atomic E-state index is 12.5. The van der Waals surface area contributed by atoms with Gasteiger partial charge in [-0.05, 0) is 57.8 Å². The fraction of sp³-hybridized carbons (Fsp3) is 0.771. The molecule has 46 heavy (non-hydrogen) atoms. The molecule has 0 aliphatic carbocycles. The Morgan fingerprint density at radius 3 is 1.72 bits per heavy atom. The topological polar surface area (TPSA) is 149 Å². The van der Waals surface area contributed by atoms with E-state index < -0.39 is 51.8 Å². The third-order valence-corrected chi connectivity index (χ3v) is 7.93. The molecule has 0 saturated carbocycles. The van der Waals surface area contributed by atoms with Gasteiger partial charge in [-0.25, -0.2) is 4.57 Å². The van der Waals surface area contributed by atoms with Crippen LogP contribution >= 0.6 is 7.82 Å². The van der Waals surface area contributed by atoms with Gasteiger partial charge in [0.15, 0.2) is 6.10 Å². The van der Waals surface area contributed by atoms with Crippen LogP contribution in [0.25, 0.3) is 0 Å². The molecule has 10 nitrogen and oxygen atoms in total. The zero-order chi connectivity index (χ0) is 34.1. The van der Waals surface area contributed by atoms with Gasteiger partial charge in [-0.1, -0.05) is 102 Å². The van der Waals surface area contributed by atoms with Gasteiger partial charge in [-0.3, -0.25) is 18.6 Å². The van der Waals surface area contributed by atoms with Crippen LogP contribution in [0.2, 0.25) is 0 Å². The lowest BCUT2D eigenvalue weighted by Crippen LogP contribution is -2.29. The molecule has 0 spiro atoms. The molecule has 0 heterocycles. The third kappa shape index (κ3) is 30.8. The molecule has 3 atom stereocenters. The van der Waals surface area contributed by atoms with Crippen LogP contribution in [0.5, 0.6) is 0 Å². The van der Waals surface area contributed by atoms with Crippen molar-refractivity contribution < 1.29 is 47.8 Å². The highest BCUT2D eigenvalue weighted by Gasteiger charge is 2.27. The van der Waals surface area contributed by atoms with Crippen molar-refractivity contribution >= 4 is 19.8 Å². The van der Waals surface area contributed by atoms with Crippen molar-refractivity contribution in [2.24, 2.45) is 0 Å². The summed E-state index contributed by atoms with van der Waals surface area (Å²) in [5.74, 6) is -0.960. The Morgan fingerprint density at radius 2 is 1.13 bits per heavy atom. The van der Waals surface area contributed by atoms with E-state index in [0.717, 1.165) is 89.9 Å². The van der Waals surface area contributed by atoms with Crippen molar-refractivity contribution in [2.75, 3.05) is 26.4 Å². The van der Waals surface area contributed by atoms with Gasteiger partial charge in [0.25, 0.3) is 0 Å². The Morgan fingerprint density at radius 1 is 0.652 bits per heavy atom. The van der Waals surface area contributed by atoms with Crippen molar-refractivity contribution in [3.05, 3.63) is 36.5 Å². The van der Waals surface area contributed by atoms with Gasteiger partial charge in [-0.15, -0.1) is 0 Å². The number of esters is 2. The monoisotopic (exact) mass is 674 g/mol. The molecule has 0 aromatic carbocycles. The Hall–Kier alpha value is -1.81. The van der Waals surface area contributed by atoms with Gasteiger partial charge in [0, 0.05) is 12.8 Å². The normalized spacial score (nSPS) is 14.6. The molecule has 0 rings (SSSR count). The predicted octanol–water partition coefficient (Wildman–Crippen LogP) is 8.05. The van der Waals surface area contributed by atoms with Crippen molar-refractivity contribution in [2.45, 2.75) is 148 Å². The van der Waals surface area contributed by atoms with E-state index in [1.165, 1.54) is 6.42 Å². The van der Waals surface area contributed by atoms with E-state index in [9.17, 15) is 24.2 Å². The van der Waals surface area contributed by atoms with E-state index in [1.807, 2.05) is 0 Å². The first kappa shape index (κ1) is 44.2. The summed E-state index contributed by atoms with van der Waals surface area (Å²) >= 11 is 0. The Bertz CT molecular complexity index is 873. The van der Waals surface area contributed by atoms with E-state index >= 15 is 0 Å². The lowest BCUT2D eigenvalue weighted by molar-refractivity contribution is -0.161. The van der Waals surface area contributed by atoms with Crippen LogP contribution in [-0.2, 0) is 32.7 Å². The van der Waals surface area contributed by atoms with Crippen LogP contribution < -0.4 is 0 Å². The lowest BCUT2D eigenvalue weighted by Gasteiger charge is -2.20. The average Bonchev–Trinajstić information content (AvgIpc) is 3.04. The number of rotatable bonds is 32. The minimum Gasteiger partial charge on any atom is -0.462 e. The van der Waals surface area contributed by atoms with E-state index in [-0.39, 0.29) is 19.4 Å². The van der Waals surface area contributed by atoms with Crippen LogP contribution in [0.3, 0.4) is 0 Å². The minimum atomic E-state index is -4.61. The first-order valence-corrected chi connectivity index (χ1v) is 18.9. The summed E-state index contributed by atoms with van der Waals surface area (Å²) in [6.45, 7) is 2.19. The summed E-state index contributed by atoms with van der Waals surface area (Å²) in [5.41, 5.74) is 0. The first-order chi connectivity index (χ1) is 22.2. The Labute approximate surface area is 278 Å². The lowest BCUT2D eigenvalue weighted by atomic mass is 10.1. The maximum Gasteiger partial charge on any atom is 0.472 e. The molecule has 0 saturated heterocycles. The number of carbonyl (C=O) groups excluding carboxylic acids is 2. The van der Waals surface area contributed by atoms with Gasteiger partial charge in [0.1, 0.15) is 12.7 Å². The average molecular weight is 675 g/mol. The van der Waals surface area contributed by atoms with E-state index in [4.69, 9.17) is 19.1 Å². The molecular weight excluding hydrogens is 611 g/mol. The number of aliphatic hydroxyl groups is 2. The second kappa shape index (κ2) is 31.8. The summed E-state index contributed by atoms with van der Waals surface area (Å²) in [6.07, 6.45) is 28.4. The summed E-state index contributed by atoms with van der Waals surface area (Å²) in [4.78, 5) is 34.6. The first-order valence-electron chi connectivity index (χ1n) is 17.4. The molecule has 11 heteroatoms. The van der Waals surface area contributed by atoms with Gasteiger partial charge in [0.05, 0.1) is 19.8 Å². The quantitative estimate of drug-likeness (QED) is 0.0277. The molecule has 0 bridgehead atoms. The number of ether oxygens (including phenoxy) is 2. The van der Waals surface area contributed by atoms with Crippen molar-refractivity contribution in [1.29, 1.82) is 0 Å². The molecule has 0 aliphatic rings. The molecule has 0 fully saturated rings.